The number of anilines is 3. The molecule has 0 unspecified atom stereocenters. The zero-order chi connectivity index (χ0) is 27.8. The second-order valence-corrected chi connectivity index (χ2v) is 12.4. The first-order valence-corrected chi connectivity index (χ1v) is 14.6. The van der Waals surface area contributed by atoms with Crippen molar-refractivity contribution in [3.05, 3.63) is 35.9 Å². The maximum atomic E-state index is 12.8. The molecule has 0 spiro atoms. The summed E-state index contributed by atoms with van der Waals surface area (Å²) in [6.07, 6.45) is -3.58. The minimum absolute atomic E-state index is 0. The van der Waals surface area contributed by atoms with Crippen molar-refractivity contribution >= 4 is 46.9 Å². The molecule has 0 radical (unpaired) electrons. The van der Waals surface area contributed by atoms with E-state index in [9.17, 15) is 26.4 Å². The number of carbonyl (C=O) groups is 1. The van der Waals surface area contributed by atoms with Gasteiger partial charge in [-0.15, -0.1) is 0 Å². The summed E-state index contributed by atoms with van der Waals surface area (Å²) in [5.74, 6) is 0.242. The quantitative estimate of drug-likeness (QED) is 0.476. The van der Waals surface area contributed by atoms with E-state index in [2.05, 4.69) is 15.0 Å². The zero-order valence-corrected chi connectivity index (χ0v) is 23.9. The number of morpholine rings is 1. The van der Waals surface area contributed by atoms with Gasteiger partial charge in [0, 0.05) is 38.3 Å². The van der Waals surface area contributed by atoms with Crippen LogP contribution in [0.15, 0.2) is 30.3 Å². The van der Waals surface area contributed by atoms with Crippen molar-refractivity contribution in [3.63, 3.8) is 0 Å². The summed E-state index contributed by atoms with van der Waals surface area (Å²) in [5.41, 5.74) is 2.88. The summed E-state index contributed by atoms with van der Waals surface area (Å²) < 4.78 is 71.7. The molecule has 2 aliphatic heterocycles. The topological polar surface area (TPSA) is 104 Å². The third-order valence-corrected chi connectivity index (χ3v) is 9.09. The molecule has 40 heavy (non-hydrogen) atoms. The van der Waals surface area contributed by atoms with Crippen LogP contribution >= 0.6 is 13.5 Å². The Hall–Kier alpha value is -2.71. The average Bonchev–Trinajstić information content (AvgIpc) is 3.65. The van der Waals surface area contributed by atoms with Crippen molar-refractivity contribution in [1.82, 2.24) is 9.88 Å². The fourth-order valence-electron chi connectivity index (χ4n) is 5.01. The molecular formula is C26H34F3N5O4S2. The molecule has 1 aromatic heterocycles. The first-order valence-electron chi connectivity index (χ1n) is 13.1. The lowest BCUT2D eigenvalue weighted by Gasteiger charge is -2.28. The number of sulfonamides is 1. The van der Waals surface area contributed by atoms with Gasteiger partial charge in [-0.25, -0.2) is 18.2 Å². The van der Waals surface area contributed by atoms with Gasteiger partial charge >= 0.3 is 12.2 Å². The van der Waals surface area contributed by atoms with Crippen LogP contribution in [0.2, 0.25) is 0 Å². The number of halogens is 3. The second-order valence-electron chi connectivity index (χ2n) is 10.4. The van der Waals surface area contributed by atoms with E-state index >= 15 is 0 Å². The lowest BCUT2D eigenvalue weighted by Crippen LogP contribution is -2.36. The van der Waals surface area contributed by atoms with E-state index in [0.29, 0.717) is 57.1 Å². The van der Waals surface area contributed by atoms with Crippen LogP contribution in [0.4, 0.5) is 35.3 Å². The number of likely N-dealkylation sites (tertiary alicyclic amines) is 1. The number of rotatable bonds is 7. The van der Waals surface area contributed by atoms with Crippen molar-refractivity contribution in [1.29, 1.82) is 0 Å². The summed E-state index contributed by atoms with van der Waals surface area (Å²) in [7, 11) is -3.53. The third-order valence-electron chi connectivity index (χ3n) is 7.25. The molecule has 2 amide bonds. The number of aryl methyl sites for hydroxylation is 1. The fraction of sp³-hybridized carbons (Fsp3) is 0.538. The normalized spacial score (nSPS) is 19.8. The van der Waals surface area contributed by atoms with Crippen LogP contribution in [0.25, 0.3) is 11.1 Å². The van der Waals surface area contributed by atoms with E-state index in [1.807, 2.05) is 24.0 Å². The van der Waals surface area contributed by atoms with Crippen molar-refractivity contribution in [3.8, 4) is 11.1 Å². The lowest BCUT2D eigenvalue weighted by molar-refractivity contribution is -0.143. The molecule has 14 heteroatoms. The number of ether oxygens (including phenoxy) is 1. The van der Waals surface area contributed by atoms with Gasteiger partial charge in [0.1, 0.15) is 11.6 Å². The predicted octanol–water partition coefficient (Wildman–Crippen LogP) is 4.72. The molecule has 1 atom stereocenters. The number of hydrogen-bond donors (Lipinski definition) is 2. The number of nitrogens with one attached hydrogen (secondary N) is 2. The molecule has 2 saturated heterocycles. The molecule has 1 saturated carbocycles. The van der Waals surface area contributed by atoms with Crippen molar-refractivity contribution in [2.45, 2.75) is 44.0 Å². The first kappa shape index (κ1) is 30.3. The highest BCUT2D eigenvalue weighted by Gasteiger charge is 2.37. The van der Waals surface area contributed by atoms with Gasteiger partial charge in [-0.1, -0.05) is 6.07 Å². The first-order chi connectivity index (χ1) is 18.5. The highest BCUT2D eigenvalue weighted by molar-refractivity contribution is 7.93. The summed E-state index contributed by atoms with van der Waals surface area (Å²) in [6.45, 7) is 4.54. The molecule has 9 nitrogen and oxygen atoms in total. The Morgan fingerprint density at radius 2 is 1.82 bits per heavy atom. The summed E-state index contributed by atoms with van der Waals surface area (Å²) in [5, 5.41) is 2.40. The van der Waals surface area contributed by atoms with Gasteiger partial charge in [-0.3, -0.25) is 4.72 Å². The fourth-order valence-corrected chi connectivity index (χ4v) is 6.33. The van der Waals surface area contributed by atoms with Crippen LogP contribution in [0.1, 0.15) is 31.2 Å². The number of carbonyl (C=O) groups excluding carboxylic acids is 1. The van der Waals surface area contributed by atoms with E-state index in [-0.39, 0.29) is 32.4 Å². The number of urea groups is 1. The molecule has 220 valence electrons. The Labute approximate surface area is 239 Å². The van der Waals surface area contributed by atoms with Gasteiger partial charge in [0.05, 0.1) is 18.5 Å². The van der Waals surface area contributed by atoms with Gasteiger partial charge in [0.2, 0.25) is 10.0 Å². The van der Waals surface area contributed by atoms with E-state index in [1.54, 1.807) is 18.2 Å². The summed E-state index contributed by atoms with van der Waals surface area (Å²) in [4.78, 5) is 20.9. The number of aromatic nitrogens is 1. The van der Waals surface area contributed by atoms with Gasteiger partial charge in [-0.05, 0) is 73.1 Å². The molecule has 5 rings (SSSR count). The number of pyridine rings is 1. The standard InChI is InChI=1S/C26H32F3N5O4S.H2S/c1-17-2-3-20(30-25(35)34-7-6-18(16-34)15-26(27,28)29)14-22(17)19-12-23(32-39(36,37)21-4-5-21)31-24(13-19)33-8-10-38-11-9-33;/h2-3,12-14,18,21H,4-11,15-16H2,1H3,(H,30,35)(H,31,32);1H2/t18-;/m0./s1. The van der Waals surface area contributed by atoms with Crippen LogP contribution in [-0.4, -0.2) is 75.2 Å². The maximum Gasteiger partial charge on any atom is 0.389 e. The van der Waals surface area contributed by atoms with Gasteiger partial charge < -0.3 is 19.9 Å². The van der Waals surface area contributed by atoms with Gasteiger partial charge in [-0.2, -0.15) is 26.7 Å². The van der Waals surface area contributed by atoms with Crippen molar-refractivity contribution in [2.24, 2.45) is 5.92 Å². The predicted molar refractivity (Wildman–Crippen MR) is 153 cm³/mol. The lowest BCUT2D eigenvalue weighted by atomic mass is 10.00. The van der Waals surface area contributed by atoms with E-state index in [0.717, 1.165) is 16.7 Å². The Kier molecular flexibility index (Phi) is 9.10. The summed E-state index contributed by atoms with van der Waals surface area (Å²) in [6, 6.07) is 8.48. The largest absolute Gasteiger partial charge is 0.389 e. The van der Waals surface area contributed by atoms with Crippen LogP contribution < -0.4 is 14.9 Å². The Balaban J connectivity index is 0.00000370. The molecule has 2 aromatic rings. The molecule has 0 bridgehead atoms. The second kappa shape index (κ2) is 12.0. The number of benzene rings is 1. The smallest absolute Gasteiger partial charge is 0.378 e. The Morgan fingerprint density at radius 1 is 1.10 bits per heavy atom. The van der Waals surface area contributed by atoms with Gasteiger partial charge in [0.15, 0.2) is 0 Å². The van der Waals surface area contributed by atoms with Gasteiger partial charge in [0.25, 0.3) is 0 Å². The van der Waals surface area contributed by atoms with Crippen molar-refractivity contribution < 1.29 is 31.1 Å². The molecule has 1 aromatic carbocycles. The highest BCUT2D eigenvalue weighted by atomic mass is 32.2. The number of nitrogens with zero attached hydrogens (tertiary/aromatic N) is 3. The monoisotopic (exact) mass is 601 g/mol. The Morgan fingerprint density at radius 3 is 2.50 bits per heavy atom. The maximum absolute atomic E-state index is 12.8. The zero-order valence-electron chi connectivity index (χ0n) is 22.1. The van der Waals surface area contributed by atoms with E-state index in [1.165, 1.54) is 4.90 Å². The number of hydrogen-bond acceptors (Lipinski definition) is 6. The Bertz CT molecular complexity index is 1330. The minimum atomic E-state index is -4.25. The SMILES string of the molecule is Cc1ccc(NC(=O)N2CC[C@@H](CC(F)(F)F)C2)cc1-c1cc(NS(=O)(=O)C2CC2)nc(N2CCOCC2)c1.S. The molecule has 3 heterocycles. The molecule has 3 aliphatic rings. The summed E-state index contributed by atoms with van der Waals surface area (Å²) >= 11 is 0. The molecule has 3 fully saturated rings. The average molecular weight is 602 g/mol. The van der Waals surface area contributed by atoms with Crippen LogP contribution in [-0.2, 0) is 14.8 Å². The third kappa shape index (κ3) is 7.52. The van der Waals surface area contributed by atoms with E-state index < -0.39 is 39.8 Å². The highest BCUT2D eigenvalue weighted by Crippen LogP contribution is 2.35. The number of amides is 2. The van der Waals surface area contributed by atoms with Crippen molar-refractivity contribution in [2.75, 3.05) is 54.3 Å². The minimum Gasteiger partial charge on any atom is -0.378 e. The van der Waals surface area contributed by atoms with Crippen LogP contribution in [0, 0.1) is 12.8 Å². The molecule has 1 aliphatic carbocycles. The molecular weight excluding hydrogens is 567 g/mol. The number of alkyl halides is 3. The van der Waals surface area contributed by atoms with E-state index in [4.69, 9.17) is 4.74 Å². The molecule has 2 N–H and O–H groups in total. The van der Waals surface area contributed by atoms with Crippen LogP contribution in [0.3, 0.4) is 0 Å². The van der Waals surface area contributed by atoms with Crippen LogP contribution in [0.5, 0.6) is 0 Å².